The number of carbonyl (C=O) groups excluding carboxylic acids is 2. The predicted octanol–water partition coefficient (Wildman–Crippen LogP) is 1.03. The van der Waals surface area contributed by atoms with Crippen molar-refractivity contribution in [2.24, 2.45) is 0 Å². The fourth-order valence-electron chi connectivity index (χ4n) is 3.29. The molecule has 7 nitrogen and oxygen atoms in total. The van der Waals surface area contributed by atoms with Crippen LogP contribution in [-0.2, 0) is 20.9 Å². The monoisotopic (exact) mass is 336 g/mol. The van der Waals surface area contributed by atoms with Gasteiger partial charge in [-0.25, -0.2) is 0 Å². The van der Waals surface area contributed by atoms with E-state index in [1.165, 1.54) is 7.11 Å². The maximum Gasteiger partial charge on any atom is 0.307 e. The van der Waals surface area contributed by atoms with E-state index >= 15 is 0 Å². The zero-order valence-corrected chi connectivity index (χ0v) is 15.0. The normalized spacial score (nSPS) is 21.0. The molecule has 1 aliphatic heterocycles. The van der Waals surface area contributed by atoms with Crippen LogP contribution in [-0.4, -0.2) is 59.3 Å². The van der Waals surface area contributed by atoms with E-state index in [0.717, 1.165) is 24.2 Å². The van der Waals surface area contributed by atoms with Crippen molar-refractivity contribution in [3.8, 4) is 0 Å². The number of nitrogens with zero attached hydrogens (tertiary/aromatic N) is 3. The molecule has 1 aromatic rings. The van der Waals surface area contributed by atoms with E-state index in [1.807, 2.05) is 31.6 Å². The molecule has 1 fully saturated rings. The molecule has 0 aliphatic carbocycles. The standard InChI is InChI=1S/C17H28N4O3/c1-12-9-13(2)21(19-12)8-7-16(22)18-11-15-6-5-14(20(15)3)10-17(23)24-4/h9,14-15H,5-8,10-11H2,1-4H3,(H,18,22)/t14-,15+/m1/s1. The van der Waals surface area contributed by atoms with E-state index < -0.39 is 0 Å². The molecule has 1 saturated heterocycles. The van der Waals surface area contributed by atoms with Gasteiger partial charge in [0.1, 0.15) is 0 Å². The van der Waals surface area contributed by atoms with Gasteiger partial charge >= 0.3 is 5.97 Å². The van der Waals surface area contributed by atoms with Crippen LogP contribution in [0.4, 0.5) is 0 Å². The topological polar surface area (TPSA) is 76.5 Å². The molecular formula is C17H28N4O3. The Bertz CT molecular complexity index is 584. The van der Waals surface area contributed by atoms with Crippen LogP contribution in [0.1, 0.15) is 37.1 Å². The summed E-state index contributed by atoms with van der Waals surface area (Å²) in [5, 5.41) is 7.36. The van der Waals surface area contributed by atoms with Gasteiger partial charge < -0.3 is 10.1 Å². The Hall–Kier alpha value is -1.89. The Morgan fingerprint density at radius 1 is 1.33 bits per heavy atom. The van der Waals surface area contributed by atoms with Crippen molar-refractivity contribution >= 4 is 11.9 Å². The molecule has 0 unspecified atom stereocenters. The lowest BCUT2D eigenvalue weighted by Gasteiger charge is -2.25. The van der Waals surface area contributed by atoms with Gasteiger partial charge in [0.25, 0.3) is 0 Å². The second-order valence-corrected chi connectivity index (χ2v) is 6.54. The average Bonchev–Trinajstić information content (AvgIpc) is 3.05. The zero-order chi connectivity index (χ0) is 17.7. The number of methoxy groups -OCH3 is 1. The molecule has 7 heteroatoms. The molecule has 24 heavy (non-hydrogen) atoms. The fraction of sp³-hybridized carbons (Fsp3) is 0.706. The van der Waals surface area contributed by atoms with Gasteiger partial charge in [0.15, 0.2) is 0 Å². The van der Waals surface area contributed by atoms with Gasteiger partial charge in [-0.1, -0.05) is 0 Å². The summed E-state index contributed by atoms with van der Waals surface area (Å²) >= 11 is 0. The number of hydrogen-bond acceptors (Lipinski definition) is 5. The smallest absolute Gasteiger partial charge is 0.307 e. The van der Waals surface area contributed by atoms with Crippen molar-refractivity contribution in [1.29, 1.82) is 0 Å². The van der Waals surface area contributed by atoms with Gasteiger partial charge in [-0.05, 0) is 39.8 Å². The van der Waals surface area contributed by atoms with E-state index in [0.29, 0.717) is 25.9 Å². The van der Waals surface area contributed by atoms with Crippen molar-refractivity contribution in [3.05, 3.63) is 17.5 Å². The predicted molar refractivity (Wildman–Crippen MR) is 90.5 cm³/mol. The van der Waals surface area contributed by atoms with Gasteiger partial charge in [0.2, 0.25) is 5.91 Å². The number of aromatic nitrogens is 2. The lowest BCUT2D eigenvalue weighted by Crippen LogP contribution is -2.41. The lowest BCUT2D eigenvalue weighted by molar-refractivity contribution is -0.141. The van der Waals surface area contributed by atoms with Crippen molar-refractivity contribution in [2.45, 2.75) is 58.2 Å². The van der Waals surface area contributed by atoms with Crippen molar-refractivity contribution < 1.29 is 14.3 Å². The summed E-state index contributed by atoms with van der Waals surface area (Å²) in [7, 11) is 3.42. The number of carbonyl (C=O) groups is 2. The summed E-state index contributed by atoms with van der Waals surface area (Å²) in [6.45, 7) is 5.15. The third-order valence-electron chi connectivity index (χ3n) is 4.80. The van der Waals surface area contributed by atoms with Gasteiger partial charge in [0.05, 0.1) is 19.2 Å². The number of ether oxygens (including phenoxy) is 1. The molecule has 0 radical (unpaired) electrons. The van der Waals surface area contributed by atoms with Gasteiger partial charge in [-0.15, -0.1) is 0 Å². The van der Waals surface area contributed by atoms with Gasteiger partial charge in [-0.3, -0.25) is 19.2 Å². The van der Waals surface area contributed by atoms with Crippen molar-refractivity contribution in [2.75, 3.05) is 20.7 Å². The van der Waals surface area contributed by atoms with Crippen LogP contribution >= 0.6 is 0 Å². The highest BCUT2D eigenvalue weighted by Crippen LogP contribution is 2.24. The Kier molecular flexibility index (Phi) is 6.36. The summed E-state index contributed by atoms with van der Waals surface area (Å²) in [4.78, 5) is 25.6. The van der Waals surface area contributed by atoms with E-state index in [4.69, 9.17) is 4.74 Å². The first-order chi connectivity index (χ1) is 11.4. The number of aryl methyl sites for hydroxylation is 3. The first-order valence-corrected chi connectivity index (χ1v) is 8.47. The highest BCUT2D eigenvalue weighted by atomic mass is 16.5. The third-order valence-corrected chi connectivity index (χ3v) is 4.80. The van der Waals surface area contributed by atoms with Crippen LogP contribution < -0.4 is 5.32 Å². The molecule has 2 atom stereocenters. The largest absolute Gasteiger partial charge is 0.469 e. The molecule has 134 valence electrons. The fourth-order valence-corrected chi connectivity index (χ4v) is 3.29. The van der Waals surface area contributed by atoms with Crippen LogP contribution in [0.2, 0.25) is 0 Å². The summed E-state index contributed by atoms with van der Waals surface area (Å²) in [5.41, 5.74) is 2.04. The van der Waals surface area contributed by atoms with Crippen LogP contribution in [0, 0.1) is 13.8 Å². The Morgan fingerprint density at radius 2 is 2.04 bits per heavy atom. The molecule has 2 rings (SSSR count). The minimum Gasteiger partial charge on any atom is -0.469 e. The van der Waals surface area contributed by atoms with E-state index in [2.05, 4.69) is 15.3 Å². The molecule has 1 amide bonds. The number of likely N-dealkylation sites (N-methyl/N-ethyl adjacent to an activating group) is 1. The maximum absolute atomic E-state index is 12.1. The molecule has 0 spiro atoms. The van der Waals surface area contributed by atoms with Crippen LogP contribution in [0.5, 0.6) is 0 Å². The molecular weight excluding hydrogens is 308 g/mol. The molecule has 1 aliphatic rings. The van der Waals surface area contributed by atoms with Gasteiger partial charge in [0, 0.05) is 37.3 Å². The molecule has 0 bridgehead atoms. The van der Waals surface area contributed by atoms with Crippen LogP contribution in [0.3, 0.4) is 0 Å². The highest BCUT2D eigenvalue weighted by molar-refractivity contribution is 5.75. The highest BCUT2D eigenvalue weighted by Gasteiger charge is 2.32. The molecule has 2 heterocycles. The number of rotatable bonds is 7. The number of hydrogen-bond donors (Lipinski definition) is 1. The Labute approximate surface area is 143 Å². The molecule has 0 aromatic carbocycles. The minimum absolute atomic E-state index is 0.0346. The lowest BCUT2D eigenvalue weighted by atomic mass is 10.1. The third kappa shape index (κ3) is 4.80. The zero-order valence-electron chi connectivity index (χ0n) is 15.0. The second kappa shape index (κ2) is 8.28. The number of esters is 1. The Morgan fingerprint density at radius 3 is 2.67 bits per heavy atom. The first kappa shape index (κ1) is 18.4. The van der Waals surface area contributed by atoms with Crippen LogP contribution in [0.25, 0.3) is 0 Å². The SMILES string of the molecule is COC(=O)C[C@H]1CC[C@@H](CNC(=O)CCn2nc(C)cc2C)N1C. The maximum atomic E-state index is 12.1. The van der Waals surface area contributed by atoms with E-state index in [1.54, 1.807) is 0 Å². The molecule has 1 aromatic heterocycles. The van der Waals surface area contributed by atoms with Crippen molar-refractivity contribution in [1.82, 2.24) is 20.0 Å². The minimum atomic E-state index is -0.179. The van der Waals surface area contributed by atoms with Crippen molar-refractivity contribution in [3.63, 3.8) is 0 Å². The number of likely N-dealkylation sites (tertiary alicyclic amines) is 1. The van der Waals surface area contributed by atoms with Gasteiger partial charge in [-0.2, -0.15) is 5.10 Å². The molecule has 0 saturated carbocycles. The first-order valence-electron chi connectivity index (χ1n) is 8.47. The quantitative estimate of drug-likeness (QED) is 0.753. The summed E-state index contributed by atoms with van der Waals surface area (Å²) in [6, 6.07) is 2.48. The molecule has 1 N–H and O–H groups in total. The summed E-state index contributed by atoms with van der Waals surface area (Å²) in [5.74, 6) is -0.145. The van der Waals surface area contributed by atoms with E-state index in [9.17, 15) is 9.59 Å². The summed E-state index contributed by atoms with van der Waals surface area (Å²) < 4.78 is 6.60. The van der Waals surface area contributed by atoms with E-state index in [-0.39, 0.29) is 24.0 Å². The number of nitrogens with one attached hydrogen (secondary N) is 1. The summed E-state index contributed by atoms with van der Waals surface area (Å²) in [6.07, 6.45) is 2.77. The van der Waals surface area contributed by atoms with Crippen LogP contribution in [0.15, 0.2) is 6.07 Å². The average molecular weight is 336 g/mol. The second-order valence-electron chi connectivity index (χ2n) is 6.54. The number of amides is 1. The Balaban J connectivity index is 1.72.